The lowest BCUT2D eigenvalue weighted by Crippen LogP contribution is -2.48. The number of piperidine rings is 2. The standard InChI is InChI=1S/C17H31N3O2/c1-13-4-8-20(9-5-13)17(22)15-6-10-19(11-7-15)16(21)14(2)12-18-3/h13-15,18H,4-12H2,1-3H3. The quantitative estimate of drug-likeness (QED) is 0.852. The third-order valence-corrected chi connectivity index (χ3v) is 5.18. The second-order valence-electron chi connectivity index (χ2n) is 7.07. The van der Waals surface area contributed by atoms with E-state index in [-0.39, 0.29) is 17.7 Å². The minimum atomic E-state index is 0.0147. The number of amides is 2. The molecule has 1 atom stereocenters. The number of rotatable bonds is 4. The summed E-state index contributed by atoms with van der Waals surface area (Å²) in [6.45, 7) is 8.23. The minimum Gasteiger partial charge on any atom is -0.342 e. The predicted octanol–water partition coefficient (Wildman–Crippen LogP) is 1.34. The van der Waals surface area contributed by atoms with E-state index in [0.29, 0.717) is 12.5 Å². The molecule has 0 aromatic rings. The van der Waals surface area contributed by atoms with Gasteiger partial charge in [-0.05, 0) is 38.6 Å². The molecule has 5 nitrogen and oxygen atoms in total. The summed E-state index contributed by atoms with van der Waals surface area (Å²) >= 11 is 0. The maximum atomic E-state index is 12.6. The van der Waals surface area contributed by atoms with E-state index in [2.05, 4.69) is 12.2 Å². The molecule has 2 heterocycles. The summed E-state index contributed by atoms with van der Waals surface area (Å²) < 4.78 is 0. The van der Waals surface area contributed by atoms with Gasteiger partial charge in [-0.15, -0.1) is 0 Å². The van der Waals surface area contributed by atoms with Crippen LogP contribution in [0.3, 0.4) is 0 Å². The third-order valence-electron chi connectivity index (χ3n) is 5.18. The van der Waals surface area contributed by atoms with Crippen molar-refractivity contribution in [1.82, 2.24) is 15.1 Å². The lowest BCUT2D eigenvalue weighted by Gasteiger charge is -2.37. The summed E-state index contributed by atoms with van der Waals surface area (Å²) in [5.41, 5.74) is 0. The Morgan fingerprint density at radius 1 is 1.05 bits per heavy atom. The van der Waals surface area contributed by atoms with Gasteiger partial charge in [-0.3, -0.25) is 9.59 Å². The molecular formula is C17H31N3O2. The van der Waals surface area contributed by atoms with Gasteiger partial charge >= 0.3 is 0 Å². The van der Waals surface area contributed by atoms with Crippen LogP contribution in [0.15, 0.2) is 0 Å². The molecule has 0 bridgehead atoms. The van der Waals surface area contributed by atoms with Crippen LogP contribution in [0.2, 0.25) is 0 Å². The third kappa shape index (κ3) is 4.22. The van der Waals surface area contributed by atoms with Crippen molar-refractivity contribution < 1.29 is 9.59 Å². The highest BCUT2D eigenvalue weighted by Gasteiger charge is 2.32. The fourth-order valence-corrected chi connectivity index (χ4v) is 3.54. The Morgan fingerprint density at radius 2 is 1.59 bits per heavy atom. The Hall–Kier alpha value is -1.10. The molecule has 2 fully saturated rings. The van der Waals surface area contributed by atoms with E-state index in [1.165, 1.54) is 0 Å². The zero-order chi connectivity index (χ0) is 16.1. The van der Waals surface area contributed by atoms with E-state index < -0.39 is 0 Å². The van der Waals surface area contributed by atoms with Crippen LogP contribution in [-0.2, 0) is 9.59 Å². The van der Waals surface area contributed by atoms with Gasteiger partial charge in [0.2, 0.25) is 11.8 Å². The van der Waals surface area contributed by atoms with Gasteiger partial charge in [-0.25, -0.2) is 0 Å². The molecule has 1 unspecified atom stereocenters. The average Bonchev–Trinajstić information content (AvgIpc) is 2.54. The van der Waals surface area contributed by atoms with Gasteiger partial charge in [0.05, 0.1) is 0 Å². The van der Waals surface area contributed by atoms with Crippen LogP contribution >= 0.6 is 0 Å². The Morgan fingerprint density at radius 3 is 2.14 bits per heavy atom. The predicted molar refractivity (Wildman–Crippen MR) is 87.4 cm³/mol. The Balaban J connectivity index is 1.79. The van der Waals surface area contributed by atoms with Crippen LogP contribution in [0.5, 0.6) is 0 Å². The Kier molecular flexibility index (Phi) is 6.24. The van der Waals surface area contributed by atoms with Gasteiger partial charge in [0, 0.05) is 44.6 Å². The van der Waals surface area contributed by atoms with Crippen LogP contribution < -0.4 is 5.32 Å². The van der Waals surface area contributed by atoms with Gasteiger partial charge in [-0.2, -0.15) is 0 Å². The highest BCUT2D eigenvalue weighted by molar-refractivity contribution is 5.81. The van der Waals surface area contributed by atoms with Crippen LogP contribution in [0, 0.1) is 17.8 Å². The van der Waals surface area contributed by atoms with Crippen molar-refractivity contribution in [2.45, 2.75) is 39.5 Å². The molecule has 2 aliphatic heterocycles. The second-order valence-corrected chi connectivity index (χ2v) is 7.07. The smallest absolute Gasteiger partial charge is 0.226 e. The van der Waals surface area contributed by atoms with E-state index in [9.17, 15) is 9.59 Å². The van der Waals surface area contributed by atoms with Crippen LogP contribution in [0.25, 0.3) is 0 Å². The Bertz CT molecular complexity index is 383. The largest absolute Gasteiger partial charge is 0.342 e. The van der Waals surface area contributed by atoms with Crippen LogP contribution in [0.4, 0.5) is 0 Å². The highest BCUT2D eigenvalue weighted by atomic mass is 16.2. The van der Waals surface area contributed by atoms with E-state index in [1.54, 1.807) is 0 Å². The fourth-order valence-electron chi connectivity index (χ4n) is 3.54. The van der Waals surface area contributed by atoms with E-state index in [1.807, 2.05) is 23.8 Å². The number of carbonyl (C=O) groups excluding carboxylic acids is 2. The summed E-state index contributed by atoms with van der Waals surface area (Å²) in [7, 11) is 1.87. The molecule has 22 heavy (non-hydrogen) atoms. The number of nitrogens with zero attached hydrogens (tertiary/aromatic N) is 2. The average molecular weight is 309 g/mol. The zero-order valence-electron chi connectivity index (χ0n) is 14.3. The van der Waals surface area contributed by atoms with E-state index >= 15 is 0 Å². The first kappa shape index (κ1) is 17.3. The van der Waals surface area contributed by atoms with Gasteiger partial charge in [0.25, 0.3) is 0 Å². The zero-order valence-corrected chi connectivity index (χ0v) is 14.3. The first-order valence-electron chi connectivity index (χ1n) is 8.75. The van der Waals surface area contributed by atoms with Crippen LogP contribution in [-0.4, -0.2) is 61.4 Å². The van der Waals surface area contributed by atoms with Gasteiger partial charge in [0.1, 0.15) is 0 Å². The normalized spacial score (nSPS) is 22.7. The maximum Gasteiger partial charge on any atom is 0.226 e. The molecule has 126 valence electrons. The van der Waals surface area contributed by atoms with Crippen molar-refractivity contribution in [3.05, 3.63) is 0 Å². The molecule has 2 aliphatic rings. The first-order chi connectivity index (χ1) is 10.5. The molecule has 0 spiro atoms. The monoisotopic (exact) mass is 309 g/mol. The van der Waals surface area contributed by atoms with Crippen molar-refractivity contribution in [2.24, 2.45) is 17.8 Å². The summed E-state index contributed by atoms with van der Waals surface area (Å²) in [6, 6.07) is 0. The van der Waals surface area contributed by atoms with Crippen LogP contribution in [0.1, 0.15) is 39.5 Å². The van der Waals surface area contributed by atoms with Crippen molar-refractivity contribution in [3.8, 4) is 0 Å². The molecule has 2 amide bonds. The molecule has 2 saturated heterocycles. The van der Waals surface area contributed by atoms with E-state index in [0.717, 1.165) is 57.8 Å². The van der Waals surface area contributed by atoms with Crippen molar-refractivity contribution >= 4 is 11.8 Å². The topological polar surface area (TPSA) is 52.7 Å². The molecular weight excluding hydrogens is 278 g/mol. The number of nitrogens with one attached hydrogen (secondary N) is 1. The highest BCUT2D eigenvalue weighted by Crippen LogP contribution is 2.24. The van der Waals surface area contributed by atoms with Gasteiger partial charge in [0.15, 0.2) is 0 Å². The molecule has 0 aliphatic carbocycles. The molecule has 1 N–H and O–H groups in total. The maximum absolute atomic E-state index is 12.6. The van der Waals surface area contributed by atoms with Crippen molar-refractivity contribution in [2.75, 3.05) is 39.8 Å². The number of hydrogen-bond donors (Lipinski definition) is 1. The SMILES string of the molecule is CNCC(C)C(=O)N1CCC(C(=O)N2CCC(C)CC2)CC1. The summed E-state index contributed by atoms with van der Waals surface area (Å²) in [5.74, 6) is 1.42. The summed E-state index contributed by atoms with van der Waals surface area (Å²) in [4.78, 5) is 28.9. The lowest BCUT2D eigenvalue weighted by molar-refractivity contribution is -0.143. The minimum absolute atomic E-state index is 0.0147. The molecule has 0 aromatic heterocycles. The van der Waals surface area contributed by atoms with Crippen molar-refractivity contribution in [3.63, 3.8) is 0 Å². The number of hydrogen-bond acceptors (Lipinski definition) is 3. The molecule has 0 saturated carbocycles. The van der Waals surface area contributed by atoms with E-state index in [4.69, 9.17) is 0 Å². The molecule has 0 radical (unpaired) electrons. The first-order valence-corrected chi connectivity index (χ1v) is 8.75. The summed E-state index contributed by atoms with van der Waals surface area (Å²) in [5, 5.41) is 3.05. The second kappa shape index (κ2) is 7.95. The Labute approximate surface area is 134 Å². The van der Waals surface area contributed by atoms with Crippen molar-refractivity contribution in [1.29, 1.82) is 0 Å². The number of carbonyl (C=O) groups is 2. The molecule has 2 rings (SSSR count). The fraction of sp³-hybridized carbons (Fsp3) is 0.882. The lowest BCUT2D eigenvalue weighted by atomic mass is 9.92. The van der Waals surface area contributed by atoms with Gasteiger partial charge < -0.3 is 15.1 Å². The van der Waals surface area contributed by atoms with Gasteiger partial charge in [-0.1, -0.05) is 13.8 Å². The summed E-state index contributed by atoms with van der Waals surface area (Å²) in [6.07, 6.45) is 3.90. The molecule has 5 heteroatoms. The molecule has 0 aromatic carbocycles. The number of likely N-dealkylation sites (tertiary alicyclic amines) is 2.